The molecule has 0 fully saturated rings. The summed E-state index contributed by atoms with van der Waals surface area (Å²) < 4.78 is 7.91. The molecule has 3 aromatic rings. The number of carbonyl (C=O) groups is 1. The van der Waals surface area contributed by atoms with Crippen LogP contribution in [0.15, 0.2) is 33.6 Å². The second-order valence-corrected chi connectivity index (χ2v) is 6.63. The fourth-order valence-corrected chi connectivity index (χ4v) is 3.67. The monoisotopic (exact) mass is 330 g/mol. The zero-order valence-electron chi connectivity index (χ0n) is 13.3. The zero-order chi connectivity index (χ0) is 16.6. The molecule has 1 amide bonds. The van der Waals surface area contributed by atoms with E-state index in [1.54, 1.807) is 10.8 Å². The molecule has 0 aliphatic carbocycles. The van der Waals surface area contributed by atoms with Crippen LogP contribution in [-0.2, 0) is 13.1 Å². The molecule has 6 heteroatoms. The van der Waals surface area contributed by atoms with Gasteiger partial charge in [0.15, 0.2) is 0 Å². The second kappa shape index (κ2) is 6.04. The van der Waals surface area contributed by atoms with Crippen molar-refractivity contribution in [3.8, 4) is 0 Å². The van der Waals surface area contributed by atoms with Crippen LogP contribution in [0.4, 0.5) is 0 Å². The Kier molecular flexibility index (Phi) is 4.09. The molecule has 0 bridgehead atoms. The zero-order valence-corrected chi connectivity index (χ0v) is 14.1. The van der Waals surface area contributed by atoms with Crippen molar-refractivity contribution in [2.24, 2.45) is 0 Å². The van der Waals surface area contributed by atoms with E-state index in [-0.39, 0.29) is 11.5 Å². The molecule has 3 heterocycles. The van der Waals surface area contributed by atoms with Gasteiger partial charge in [-0.3, -0.25) is 9.59 Å². The maximum atomic E-state index is 12.6. The van der Waals surface area contributed by atoms with Gasteiger partial charge in [-0.05, 0) is 39.0 Å². The molecule has 0 aliphatic rings. The molecule has 0 saturated carbocycles. The van der Waals surface area contributed by atoms with Gasteiger partial charge in [0.2, 0.25) is 0 Å². The predicted molar refractivity (Wildman–Crippen MR) is 91.1 cm³/mol. The molecule has 0 radical (unpaired) electrons. The third-order valence-corrected chi connectivity index (χ3v) is 4.85. The molecule has 0 spiro atoms. The van der Waals surface area contributed by atoms with Crippen molar-refractivity contribution in [1.29, 1.82) is 0 Å². The number of fused-ring (bicyclic) bond motifs is 1. The van der Waals surface area contributed by atoms with E-state index in [4.69, 9.17) is 4.42 Å². The Balaban J connectivity index is 1.96. The first-order chi connectivity index (χ1) is 11.0. The summed E-state index contributed by atoms with van der Waals surface area (Å²) in [5.74, 6) is 1.25. The quantitative estimate of drug-likeness (QED) is 0.799. The van der Waals surface area contributed by atoms with E-state index in [1.165, 1.54) is 11.3 Å². The van der Waals surface area contributed by atoms with Crippen molar-refractivity contribution in [3.05, 3.63) is 56.7 Å². The number of rotatable bonds is 4. The van der Waals surface area contributed by atoms with Gasteiger partial charge in [-0.25, -0.2) is 0 Å². The lowest BCUT2D eigenvalue weighted by atomic mass is 10.1. The number of thiophene rings is 1. The highest BCUT2D eigenvalue weighted by atomic mass is 32.1. The SMILES string of the molecule is CCn1ccc2sc(C)c(C(=O)NCc3ccc(C)o3)c2c1=O. The van der Waals surface area contributed by atoms with Crippen LogP contribution in [-0.4, -0.2) is 10.5 Å². The highest BCUT2D eigenvalue weighted by Gasteiger charge is 2.20. The van der Waals surface area contributed by atoms with E-state index in [2.05, 4.69) is 5.32 Å². The van der Waals surface area contributed by atoms with E-state index in [9.17, 15) is 9.59 Å². The maximum absolute atomic E-state index is 12.6. The van der Waals surface area contributed by atoms with Crippen molar-refractivity contribution in [1.82, 2.24) is 9.88 Å². The average Bonchev–Trinajstić information content (AvgIpc) is 3.08. The van der Waals surface area contributed by atoms with Crippen molar-refractivity contribution in [2.75, 3.05) is 0 Å². The van der Waals surface area contributed by atoms with Gasteiger partial charge in [0.1, 0.15) is 11.5 Å². The van der Waals surface area contributed by atoms with Gasteiger partial charge in [0.05, 0.1) is 17.5 Å². The van der Waals surface area contributed by atoms with Gasteiger partial charge in [0.25, 0.3) is 11.5 Å². The van der Waals surface area contributed by atoms with E-state index < -0.39 is 0 Å². The van der Waals surface area contributed by atoms with Crippen LogP contribution in [0.1, 0.15) is 33.7 Å². The van der Waals surface area contributed by atoms with Crippen LogP contribution in [0, 0.1) is 13.8 Å². The molecule has 0 unspecified atom stereocenters. The van der Waals surface area contributed by atoms with Gasteiger partial charge >= 0.3 is 0 Å². The first-order valence-corrected chi connectivity index (χ1v) is 8.29. The second-order valence-electron chi connectivity index (χ2n) is 5.37. The van der Waals surface area contributed by atoms with Gasteiger partial charge in [0, 0.05) is 22.3 Å². The molecule has 120 valence electrons. The van der Waals surface area contributed by atoms with E-state index >= 15 is 0 Å². The highest BCUT2D eigenvalue weighted by molar-refractivity contribution is 7.19. The number of nitrogens with one attached hydrogen (secondary N) is 1. The Morgan fingerprint density at radius 2 is 2.09 bits per heavy atom. The third-order valence-electron chi connectivity index (χ3n) is 3.78. The predicted octanol–water partition coefficient (Wildman–Crippen LogP) is 3.22. The highest BCUT2D eigenvalue weighted by Crippen LogP contribution is 2.28. The lowest BCUT2D eigenvalue weighted by Gasteiger charge is -2.05. The Morgan fingerprint density at radius 3 is 2.74 bits per heavy atom. The van der Waals surface area contributed by atoms with Crippen molar-refractivity contribution >= 4 is 27.3 Å². The molecule has 5 nitrogen and oxygen atoms in total. The standard InChI is InChI=1S/C17H18N2O3S/c1-4-19-8-7-13-15(17(19)21)14(11(3)23-13)16(20)18-9-12-6-5-10(2)22-12/h5-8H,4,9H2,1-3H3,(H,18,20). The molecule has 0 aromatic carbocycles. The van der Waals surface area contributed by atoms with Crippen molar-refractivity contribution in [3.63, 3.8) is 0 Å². The number of aryl methyl sites for hydroxylation is 3. The summed E-state index contributed by atoms with van der Waals surface area (Å²) >= 11 is 1.47. The van der Waals surface area contributed by atoms with E-state index in [0.717, 1.165) is 15.3 Å². The molecule has 0 aliphatic heterocycles. The summed E-state index contributed by atoms with van der Waals surface area (Å²) in [7, 11) is 0. The Labute approximate surface area is 137 Å². The summed E-state index contributed by atoms with van der Waals surface area (Å²) in [5.41, 5.74) is 0.356. The van der Waals surface area contributed by atoms with Crippen LogP contribution in [0.3, 0.4) is 0 Å². The first-order valence-electron chi connectivity index (χ1n) is 7.47. The van der Waals surface area contributed by atoms with Gasteiger partial charge < -0.3 is 14.3 Å². The van der Waals surface area contributed by atoms with Crippen LogP contribution in [0.2, 0.25) is 0 Å². The van der Waals surface area contributed by atoms with Gasteiger partial charge in [-0.15, -0.1) is 11.3 Å². The maximum Gasteiger partial charge on any atom is 0.260 e. The van der Waals surface area contributed by atoms with Crippen LogP contribution < -0.4 is 10.9 Å². The fourth-order valence-electron chi connectivity index (χ4n) is 2.62. The number of amides is 1. The van der Waals surface area contributed by atoms with Crippen molar-refractivity contribution < 1.29 is 9.21 Å². The van der Waals surface area contributed by atoms with E-state index in [1.807, 2.05) is 39.0 Å². The Morgan fingerprint density at radius 1 is 1.30 bits per heavy atom. The number of aromatic nitrogens is 1. The van der Waals surface area contributed by atoms with Crippen LogP contribution in [0.25, 0.3) is 10.1 Å². The number of hydrogen-bond acceptors (Lipinski definition) is 4. The summed E-state index contributed by atoms with van der Waals surface area (Å²) in [6.45, 7) is 6.52. The van der Waals surface area contributed by atoms with Crippen molar-refractivity contribution in [2.45, 2.75) is 33.9 Å². The summed E-state index contributed by atoms with van der Waals surface area (Å²) in [6, 6.07) is 5.58. The first kappa shape index (κ1) is 15.6. The fraction of sp³-hybridized carbons (Fsp3) is 0.294. The summed E-state index contributed by atoms with van der Waals surface area (Å²) in [4.78, 5) is 26.0. The molecule has 3 aromatic heterocycles. The summed E-state index contributed by atoms with van der Waals surface area (Å²) in [5, 5.41) is 3.34. The molecule has 3 rings (SSSR count). The van der Waals surface area contributed by atoms with Gasteiger partial charge in [-0.2, -0.15) is 0 Å². The molecule has 1 N–H and O–H groups in total. The average molecular weight is 330 g/mol. The number of nitrogens with zero attached hydrogens (tertiary/aromatic N) is 1. The Bertz CT molecular complexity index is 933. The smallest absolute Gasteiger partial charge is 0.260 e. The number of pyridine rings is 1. The lowest BCUT2D eigenvalue weighted by Crippen LogP contribution is -2.26. The third kappa shape index (κ3) is 2.82. The molecule has 0 saturated heterocycles. The van der Waals surface area contributed by atoms with Crippen LogP contribution in [0.5, 0.6) is 0 Å². The minimum Gasteiger partial charge on any atom is -0.465 e. The van der Waals surface area contributed by atoms with Crippen LogP contribution >= 0.6 is 11.3 Å². The normalized spacial score (nSPS) is 11.1. The number of hydrogen-bond donors (Lipinski definition) is 1. The van der Waals surface area contributed by atoms with E-state index in [0.29, 0.717) is 29.8 Å². The lowest BCUT2D eigenvalue weighted by molar-refractivity contribution is 0.0949. The molecule has 23 heavy (non-hydrogen) atoms. The molecular formula is C17H18N2O3S. The van der Waals surface area contributed by atoms with Gasteiger partial charge in [-0.1, -0.05) is 0 Å². The summed E-state index contributed by atoms with van der Waals surface area (Å²) in [6.07, 6.45) is 1.77. The minimum absolute atomic E-state index is 0.117. The molecule has 0 atom stereocenters. The molecular weight excluding hydrogens is 312 g/mol. The topological polar surface area (TPSA) is 64.2 Å². The largest absolute Gasteiger partial charge is 0.465 e. The Hall–Kier alpha value is -2.34. The number of furan rings is 1. The number of carbonyl (C=O) groups excluding carboxylic acids is 1. The minimum atomic E-state index is -0.242.